The molecule has 0 amide bonds. The van der Waals surface area contributed by atoms with Gasteiger partial charge in [0.15, 0.2) is 5.76 Å². The van der Waals surface area contributed by atoms with Gasteiger partial charge in [-0.05, 0) is 53.0 Å². The van der Waals surface area contributed by atoms with Crippen LogP contribution in [-0.4, -0.2) is 23.8 Å². The maximum Gasteiger partial charge on any atom is 0.333 e. The predicted molar refractivity (Wildman–Crippen MR) is 115 cm³/mol. The smallest absolute Gasteiger partial charge is 0.333 e. The van der Waals surface area contributed by atoms with Crippen LogP contribution in [0, 0.1) is 24.2 Å². The van der Waals surface area contributed by atoms with Crippen LogP contribution in [0.4, 0.5) is 0 Å². The molecule has 0 N–H and O–H groups in total. The van der Waals surface area contributed by atoms with Gasteiger partial charge in [0.1, 0.15) is 12.2 Å². The molecule has 168 valence electrons. The number of esters is 2. The first-order chi connectivity index (χ1) is 14.5. The lowest BCUT2D eigenvalue weighted by atomic mass is 9.53. The summed E-state index contributed by atoms with van der Waals surface area (Å²) in [5.41, 5.74) is 2.03. The third kappa shape index (κ3) is 3.88. The third-order valence-corrected chi connectivity index (χ3v) is 7.07. The molecule has 3 rings (SSSR count). The molecule has 1 aromatic heterocycles. The number of allylic oxidation sites excluding steroid dienone is 2. The van der Waals surface area contributed by atoms with E-state index >= 15 is 0 Å². The molecule has 1 heterocycles. The molecule has 0 aliphatic heterocycles. The predicted octanol–water partition coefficient (Wildman–Crippen LogP) is 5.27. The van der Waals surface area contributed by atoms with Crippen molar-refractivity contribution in [2.24, 2.45) is 17.3 Å². The van der Waals surface area contributed by atoms with E-state index in [0.717, 1.165) is 11.1 Å². The van der Waals surface area contributed by atoms with Gasteiger partial charge in [-0.3, -0.25) is 4.79 Å². The molecule has 31 heavy (non-hydrogen) atoms. The first kappa shape index (κ1) is 23.0. The molecule has 6 nitrogen and oxygen atoms in total. The second-order valence-corrected chi connectivity index (χ2v) is 9.26. The standard InChI is InChI=1S/C25H32O6/c1-8-14(4)24(28)30-18-10-9-17-21(27)22-20(15(5)12-29-22)23(25(17,7)16(18)6)31-19(26)11-13(2)3/h8,11-12,16-18,23H,9-10H2,1-7H3/b14-8-/t16-,17+,18+,23+,25+/m0/s1. The molecule has 1 fully saturated rings. The quantitative estimate of drug-likeness (QED) is 0.480. The Morgan fingerprint density at radius 3 is 2.48 bits per heavy atom. The first-order valence-corrected chi connectivity index (χ1v) is 10.8. The molecule has 0 saturated heterocycles. The Labute approximate surface area is 183 Å². The van der Waals surface area contributed by atoms with Crippen molar-refractivity contribution in [2.75, 3.05) is 0 Å². The van der Waals surface area contributed by atoms with Gasteiger partial charge in [0.2, 0.25) is 5.78 Å². The number of Topliss-reactive ketones (excluding diaryl/α,β-unsaturated/α-hetero) is 1. The van der Waals surface area contributed by atoms with Crippen molar-refractivity contribution < 1.29 is 28.3 Å². The van der Waals surface area contributed by atoms with E-state index in [-0.39, 0.29) is 35.5 Å². The summed E-state index contributed by atoms with van der Waals surface area (Å²) in [4.78, 5) is 38.4. The number of hydrogen-bond acceptors (Lipinski definition) is 6. The number of ketones is 1. The Balaban J connectivity index is 2.06. The van der Waals surface area contributed by atoms with Gasteiger partial charge >= 0.3 is 11.9 Å². The number of fused-ring (bicyclic) bond motifs is 2. The Morgan fingerprint density at radius 2 is 1.87 bits per heavy atom. The summed E-state index contributed by atoms with van der Waals surface area (Å²) in [5.74, 6) is -1.20. The van der Waals surface area contributed by atoms with Crippen LogP contribution in [0.5, 0.6) is 0 Å². The van der Waals surface area contributed by atoms with E-state index in [2.05, 4.69) is 0 Å². The van der Waals surface area contributed by atoms with Crippen LogP contribution >= 0.6 is 0 Å². The summed E-state index contributed by atoms with van der Waals surface area (Å²) < 4.78 is 17.4. The highest BCUT2D eigenvalue weighted by molar-refractivity contribution is 5.99. The molecule has 1 saturated carbocycles. The molecular weight excluding hydrogens is 396 g/mol. The zero-order valence-electron chi connectivity index (χ0n) is 19.4. The van der Waals surface area contributed by atoms with Gasteiger partial charge in [0.25, 0.3) is 0 Å². The highest BCUT2D eigenvalue weighted by atomic mass is 16.6. The number of hydrogen-bond donors (Lipinski definition) is 0. The summed E-state index contributed by atoms with van der Waals surface area (Å²) in [6.45, 7) is 13.0. The van der Waals surface area contributed by atoms with Gasteiger partial charge in [0, 0.05) is 34.5 Å². The molecule has 0 bridgehead atoms. The summed E-state index contributed by atoms with van der Waals surface area (Å²) >= 11 is 0. The number of aryl methyl sites for hydroxylation is 1. The number of furan rings is 1. The van der Waals surface area contributed by atoms with Gasteiger partial charge in [-0.2, -0.15) is 0 Å². The van der Waals surface area contributed by atoms with Gasteiger partial charge in [-0.1, -0.05) is 25.5 Å². The van der Waals surface area contributed by atoms with Crippen LogP contribution in [0.2, 0.25) is 0 Å². The Hall–Kier alpha value is -2.63. The molecular formula is C25H32O6. The second kappa shape index (κ2) is 8.48. The van der Waals surface area contributed by atoms with E-state index in [1.54, 1.807) is 26.2 Å². The zero-order chi connectivity index (χ0) is 23.1. The van der Waals surface area contributed by atoms with E-state index in [1.165, 1.54) is 6.08 Å². The lowest BCUT2D eigenvalue weighted by molar-refractivity contribution is -0.177. The lowest BCUT2D eigenvalue weighted by Crippen LogP contribution is -2.55. The SMILES string of the molecule is C/C=C(/C)C(=O)O[C@@H]1CC[C@@H]2C(=O)c3occ(C)c3[C@@H](OC(=O)C=C(C)C)[C@]2(C)[C@H]1C. The fourth-order valence-corrected chi connectivity index (χ4v) is 4.97. The van der Waals surface area contributed by atoms with Crippen molar-refractivity contribution >= 4 is 17.7 Å². The normalized spacial score (nSPS) is 30.2. The molecule has 0 unspecified atom stereocenters. The van der Waals surface area contributed by atoms with Crippen LogP contribution in [0.3, 0.4) is 0 Å². The van der Waals surface area contributed by atoms with E-state index in [0.29, 0.717) is 24.0 Å². The highest BCUT2D eigenvalue weighted by Crippen LogP contribution is 2.60. The molecule has 0 spiro atoms. The van der Waals surface area contributed by atoms with Crippen LogP contribution < -0.4 is 0 Å². The van der Waals surface area contributed by atoms with Crippen molar-refractivity contribution in [3.63, 3.8) is 0 Å². The maximum atomic E-state index is 13.3. The van der Waals surface area contributed by atoms with E-state index < -0.39 is 17.5 Å². The highest BCUT2D eigenvalue weighted by Gasteiger charge is 2.61. The molecule has 6 heteroatoms. The van der Waals surface area contributed by atoms with Crippen LogP contribution in [0.15, 0.2) is 34.0 Å². The molecule has 1 aromatic rings. The molecule has 2 aliphatic carbocycles. The van der Waals surface area contributed by atoms with Crippen molar-refractivity contribution in [1.29, 1.82) is 0 Å². The van der Waals surface area contributed by atoms with Gasteiger partial charge in [0.05, 0.1) is 6.26 Å². The third-order valence-electron chi connectivity index (χ3n) is 7.07. The molecule has 2 aliphatic rings. The topological polar surface area (TPSA) is 82.8 Å². The minimum absolute atomic E-state index is 0.0682. The van der Waals surface area contributed by atoms with Crippen LogP contribution in [-0.2, 0) is 19.1 Å². The van der Waals surface area contributed by atoms with E-state index in [9.17, 15) is 14.4 Å². The lowest BCUT2D eigenvalue weighted by Gasteiger charge is -2.53. The minimum Gasteiger partial charge on any atom is -0.461 e. The fraction of sp³-hybridized carbons (Fsp3) is 0.560. The number of ether oxygens (including phenoxy) is 2. The Morgan fingerprint density at radius 1 is 1.19 bits per heavy atom. The van der Waals surface area contributed by atoms with Gasteiger partial charge in [-0.15, -0.1) is 0 Å². The van der Waals surface area contributed by atoms with E-state index in [1.807, 2.05) is 34.6 Å². The summed E-state index contributed by atoms with van der Waals surface area (Å²) in [6.07, 6.45) is 4.76. The van der Waals surface area contributed by atoms with E-state index in [4.69, 9.17) is 13.9 Å². The van der Waals surface area contributed by atoms with Crippen molar-refractivity contribution in [3.8, 4) is 0 Å². The average Bonchev–Trinajstić information content (AvgIpc) is 3.08. The monoisotopic (exact) mass is 428 g/mol. The first-order valence-electron chi connectivity index (χ1n) is 10.8. The van der Waals surface area contributed by atoms with Gasteiger partial charge < -0.3 is 13.9 Å². The molecule has 5 atom stereocenters. The maximum absolute atomic E-state index is 13.3. The number of carbonyl (C=O) groups excluding carboxylic acids is 3. The molecule has 0 aromatic carbocycles. The number of rotatable bonds is 4. The Bertz CT molecular complexity index is 961. The van der Waals surface area contributed by atoms with Gasteiger partial charge in [-0.25, -0.2) is 9.59 Å². The number of carbonyl (C=O) groups is 3. The van der Waals surface area contributed by atoms with Crippen molar-refractivity contribution in [2.45, 2.75) is 73.5 Å². The minimum atomic E-state index is -0.739. The van der Waals surface area contributed by atoms with Crippen LogP contribution in [0.1, 0.15) is 82.2 Å². The zero-order valence-corrected chi connectivity index (χ0v) is 19.4. The summed E-state index contributed by atoms with van der Waals surface area (Å²) in [7, 11) is 0. The average molecular weight is 429 g/mol. The summed E-state index contributed by atoms with van der Waals surface area (Å²) in [6, 6.07) is 0. The Kier molecular flexibility index (Phi) is 6.30. The largest absolute Gasteiger partial charge is 0.461 e. The van der Waals surface area contributed by atoms with Crippen molar-refractivity contribution in [1.82, 2.24) is 0 Å². The van der Waals surface area contributed by atoms with Crippen LogP contribution in [0.25, 0.3) is 0 Å². The second-order valence-electron chi connectivity index (χ2n) is 9.26. The fourth-order valence-electron chi connectivity index (χ4n) is 4.97. The summed E-state index contributed by atoms with van der Waals surface area (Å²) in [5, 5.41) is 0. The molecule has 0 radical (unpaired) electrons. The van der Waals surface area contributed by atoms with Crippen molar-refractivity contribution in [3.05, 3.63) is 46.4 Å².